The van der Waals surface area contributed by atoms with Crippen molar-refractivity contribution in [3.05, 3.63) is 0 Å². The number of carbonyl (C=O) groups is 1. The van der Waals surface area contributed by atoms with Gasteiger partial charge in [-0.3, -0.25) is 0 Å². The van der Waals surface area contributed by atoms with Crippen LogP contribution in [0.2, 0.25) is 0 Å². The molecule has 0 spiro atoms. The summed E-state index contributed by atoms with van der Waals surface area (Å²) in [4.78, 5) is 11.5. The Morgan fingerprint density at radius 2 is 1.94 bits per heavy atom. The van der Waals surface area contributed by atoms with Crippen molar-refractivity contribution in [1.82, 2.24) is 5.32 Å². The van der Waals surface area contributed by atoms with Gasteiger partial charge in [0.25, 0.3) is 0 Å². The van der Waals surface area contributed by atoms with E-state index in [9.17, 15) is 9.18 Å². The Morgan fingerprint density at radius 1 is 1.25 bits per heavy atom. The Hall–Kier alpha value is -0.800. The average Bonchev–Trinajstić information content (AvgIpc) is 2.58. The number of carbonyl (C=O) groups excluding carboxylic acids is 1. The molecule has 0 aromatic heterocycles. The monoisotopic (exact) mass is 229 g/mol. The molecule has 3 nitrogen and oxygen atoms in total. The average molecular weight is 229 g/mol. The first-order valence-electron chi connectivity index (χ1n) is 5.99. The molecule has 4 unspecified atom stereocenters. The summed E-state index contributed by atoms with van der Waals surface area (Å²) in [6.07, 6.45) is 1.26. The molecular weight excluding hydrogens is 209 g/mol. The molecule has 0 aromatic carbocycles. The fourth-order valence-electron chi connectivity index (χ4n) is 2.84. The Kier molecular flexibility index (Phi) is 2.84. The number of alkyl carbamates (subject to hydrolysis) is 1. The zero-order valence-corrected chi connectivity index (χ0v) is 10.1. The highest BCUT2D eigenvalue weighted by atomic mass is 19.1. The molecule has 92 valence electrons. The first-order chi connectivity index (χ1) is 7.35. The van der Waals surface area contributed by atoms with Crippen LogP contribution in [0.5, 0.6) is 0 Å². The Bertz CT molecular complexity index is 285. The van der Waals surface area contributed by atoms with E-state index in [4.69, 9.17) is 4.74 Å². The van der Waals surface area contributed by atoms with Crippen molar-refractivity contribution in [1.29, 1.82) is 0 Å². The third kappa shape index (κ3) is 2.47. The minimum absolute atomic E-state index is 0.117. The number of hydrogen-bond acceptors (Lipinski definition) is 2. The second-order valence-corrected chi connectivity index (χ2v) is 6.00. The van der Waals surface area contributed by atoms with Gasteiger partial charge in [0, 0.05) is 6.04 Å². The summed E-state index contributed by atoms with van der Waals surface area (Å²) < 4.78 is 18.4. The number of ether oxygens (including phenoxy) is 1. The maximum Gasteiger partial charge on any atom is 0.407 e. The molecule has 0 aromatic rings. The van der Waals surface area contributed by atoms with Gasteiger partial charge in [0.2, 0.25) is 0 Å². The summed E-state index contributed by atoms with van der Waals surface area (Å²) >= 11 is 0. The molecule has 0 aliphatic heterocycles. The van der Waals surface area contributed by atoms with Gasteiger partial charge in [-0.25, -0.2) is 9.18 Å². The number of amides is 1. The summed E-state index contributed by atoms with van der Waals surface area (Å²) in [5.41, 5.74) is -0.468. The molecule has 0 heterocycles. The molecule has 16 heavy (non-hydrogen) atoms. The smallest absolute Gasteiger partial charge is 0.407 e. The van der Waals surface area contributed by atoms with Gasteiger partial charge in [-0.2, -0.15) is 0 Å². The first-order valence-corrected chi connectivity index (χ1v) is 5.99. The van der Waals surface area contributed by atoms with Crippen molar-refractivity contribution in [3.63, 3.8) is 0 Å². The van der Waals surface area contributed by atoms with E-state index in [0.717, 1.165) is 12.8 Å². The molecule has 2 rings (SSSR count). The predicted octanol–water partition coefficient (Wildman–Crippen LogP) is 2.65. The van der Waals surface area contributed by atoms with E-state index in [1.54, 1.807) is 0 Å². The van der Waals surface area contributed by atoms with Crippen LogP contribution < -0.4 is 5.32 Å². The molecule has 0 saturated heterocycles. The van der Waals surface area contributed by atoms with Crippen LogP contribution in [0.4, 0.5) is 9.18 Å². The van der Waals surface area contributed by atoms with Crippen molar-refractivity contribution >= 4 is 6.09 Å². The Balaban J connectivity index is 1.82. The third-order valence-corrected chi connectivity index (χ3v) is 3.47. The van der Waals surface area contributed by atoms with E-state index in [-0.39, 0.29) is 18.1 Å². The number of alkyl halides is 1. The SMILES string of the molecule is CC(C)(C)OC(=O)NC1CC2CC1CC2F. The maximum absolute atomic E-state index is 13.3. The molecule has 1 N–H and O–H groups in total. The predicted molar refractivity (Wildman–Crippen MR) is 58.9 cm³/mol. The van der Waals surface area contributed by atoms with Crippen molar-refractivity contribution in [2.75, 3.05) is 0 Å². The van der Waals surface area contributed by atoms with Crippen LogP contribution in [-0.4, -0.2) is 23.9 Å². The van der Waals surface area contributed by atoms with Gasteiger partial charge < -0.3 is 10.1 Å². The highest BCUT2D eigenvalue weighted by molar-refractivity contribution is 5.68. The van der Waals surface area contributed by atoms with Crippen LogP contribution in [0.3, 0.4) is 0 Å². The quantitative estimate of drug-likeness (QED) is 0.750. The number of rotatable bonds is 1. The number of halogens is 1. The fourth-order valence-corrected chi connectivity index (χ4v) is 2.84. The minimum Gasteiger partial charge on any atom is -0.444 e. The summed E-state index contributed by atoms with van der Waals surface area (Å²) in [6.45, 7) is 5.51. The van der Waals surface area contributed by atoms with Crippen molar-refractivity contribution in [2.45, 2.75) is 57.8 Å². The van der Waals surface area contributed by atoms with Crippen LogP contribution in [0.15, 0.2) is 0 Å². The highest BCUT2D eigenvalue weighted by Gasteiger charge is 2.46. The van der Waals surface area contributed by atoms with Gasteiger partial charge in [0.05, 0.1) is 0 Å². The van der Waals surface area contributed by atoms with E-state index in [1.807, 2.05) is 20.8 Å². The highest BCUT2D eigenvalue weighted by Crippen LogP contribution is 2.46. The molecule has 4 heteroatoms. The molecule has 2 bridgehead atoms. The van der Waals surface area contributed by atoms with Gasteiger partial charge in [-0.15, -0.1) is 0 Å². The third-order valence-electron chi connectivity index (χ3n) is 3.47. The topological polar surface area (TPSA) is 38.3 Å². The van der Waals surface area contributed by atoms with E-state index in [2.05, 4.69) is 5.32 Å². The zero-order valence-electron chi connectivity index (χ0n) is 10.1. The van der Waals surface area contributed by atoms with Gasteiger partial charge in [0.1, 0.15) is 11.8 Å². The second-order valence-electron chi connectivity index (χ2n) is 6.00. The van der Waals surface area contributed by atoms with E-state index in [1.165, 1.54) is 0 Å². The molecule has 2 aliphatic rings. The largest absolute Gasteiger partial charge is 0.444 e. The fraction of sp³-hybridized carbons (Fsp3) is 0.917. The number of hydrogen-bond donors (Lipinski definition) is 1. The summed E-state index contributed by atoms with van der Waals surface area (Å²) in [5, 5.41) is 2.86. The van der Waals surface area contributed by atoms with E-state index in [0.29, 0.717) is 12.3 Å². The van der Waals surface area contributed by atoms with Crippen LogP contribution in [0.25, 0.3) is 0 Å². The lowest BCUT2D eigenvalue weighted by Crippen LogP contribution is -2.42. The van der Waals surface area contributed by atoms with Crippen LogP contribution in [0.1, 0.15) is 40.0 Å². The first kappa shape index (κ1) is 11.7. The van der Waals surface area contributed by atoms with Crippen LogP contribution in [-0.2, 0) is 4.74 Å². The second kappa shape index (κ2) is 3.90. The van der Waals surface area contributed by atoms with Gasteiger partial charge >= 0.3 is 6.09 Å². The molecular formula is C12H20FNO2. The van der Waals surface area contributed by atoms with Crippen molar-refractivity contribution < 1.29 is 13.9 Å². The Morgan fingerprint density at radius 3 is 2.38 bits per heavy atom. The molecule has 2 saturated carbocycles. The Labute approximate surface area is 95.7 Å². The minimum atomic E-state index is -0.651. The summed E-state index contributed by atoms with van der Waals surface area (Å²) in [5.74, 6) is 0.470. The normalized spacial score (nSPS) is 37.5. The molecule has 1 amide bonds. The zero-order chi connectivity index (χ0) is 11.9. The number of fused-ring (bicyclic) bond motifs is 2. The summed E-state index contributed by atoms with van der Waals surface area (Å²) in [6, 6.07) is 0.117. The lowest BCUT2D eigenvalue weighted by atomic mass is 9.94. The van der Waals surface area contributed by atoms with Crippen molar-refractivity contribution in [3.8, 4) is 0 Å². The standard InChI is InChI=1S/C12H20FNO2/c1-12(2,3)16-11(15)14-10-6-7-4-8(10)5-9(7)13/h7-10H,4-6H2,1-3H3,(H,14,15). The van der Waals surface area contributed by atoms with Crippen LogP contribution in [0, 0.1) is 11.8 Å². The lowest BCUT2D eigenvalue weighted by Gasteiger charge is -2.27. The molecule has 2 aliphatic carbocycles. The maximum atomic E-state index is 13.3. The van der Waals surface area contributed by atoms with E-state index >= 15 is 0 Å². The lowest BCUT2D eigenvalue weighted by molar-refractivity contribution is 0.0476. The molecule has 2 fully saturated rings. The van der Waals surface area contributed by atoms with Gasteiger partial charge in [-0.05, 0) is 51.9 Å². The van der Waals surface area contributed by atoms with Gasteiger partial charge in [-0.1, -0.05) is 0 Å². The van der Waals surface area contributed by atoms with E-state index < -0.39 is 11.8 Å². The number of nitrogens with one attached hydrogen (secondary N) is 1. The summed E-state index contributed by atoms with van der Waals surface area (Å²) in [7, 11) is 0. The molecule has 4 atom stereocenters. The van der Waals surface area contributed by atoms with Gasteiger partial charge in [0.15, 0.2) is 0 Å². The molecule has 0 radical (unpaired) electrons. The van der Waals surface area contributed by atoms with Crippen LogP contribution >= 0.6 is 0 Å². The van der Waals surface area contributed by atoms with Crippen molar-refractivity contribution in [2.24, 2.45) is 11.8 Å².